The van der Waals surface area contributed by atoms with Crippen molar-refractivity contribution in [3.05, 3.63) is 34.1 Å². The molecule has 1 aromatic rings. The summed E-state index contributed by atoms with van der Waals surface area (Å²) in [7, 11) is 0. The van der Waals surface area contributed by atoms with Gasteiger partial charge >= 0.3 is 0 Å². The number of nitro benzene ring substituents is 1. The predicted octanol–water partition coefficient (Wildman–Crippen LogP) is 2.17. The zero-order chi connectivity index (χ0) is 16.9. The minimum Gasteiger partial charge on any atom is -0.481 e. The summed E-state index contributed by atoms with van der Waals surface area (Å²) in [5.74, 6) is -1.93. The Morgan fingerprint density at radius 1 is 1.59 bits per heavy atom. The summed E-state index contributed by atoms with van der Waals surface area (Å²) in [5.41, 5.74) is -1.47. The van der Waals surface area contributed by atoms with Crippen LogP contribution in [-0.4, -0.2) is 23.0 Å². The highest BCUT2D eigenvalue weighted by molar-refractivity contribution is 5.78. The van der Waals surface area contributed by atoms with Gasteiger partial charge in [0.2, 0.25) is 0 Å². The lowest BCUT2D eigenvalue weighted by atomic mass is 9.90. The quantitative estimate of drug-likeness (QED) is 0.640. The topological polar surface area (TPSA) is 105 Å². The first-order valence-electron chi connectivity index (χ1n) is 6.48. The average Bonchev–Trinajstić information content (AvgIpc) is 2.45. The third-order valence-corrected chi connectivity index (χ3v) is 3.27. The summed E-state index contributed by atoms with van der Waals surface area (Å²) >= 11 is 0. The van der Waals surface area contributed by atoms with Crippen molar-refractivity contribution in [3.63, 3.8) is 0 Å². The minimum absolute atomic E-state index is 0.127. The molecule has 1 amide bonds. The Hall–Kier alpha value is -2.69. The van der Waals surface area contributed by atoms with Gasteiger partial charge in [-0.05, 0) is 18.9 Å². The Labute approximate surface area is 126 Å². The number of benzene rings is 1. The van der Waals surface area contributed by atoms with E-state index in [9.17, 15) is 19.3 Å². The number of amides is 1. The number of hydrogen-bond acceptors (Lipinski definition) is 5. The number of ether oxygens (including phenoxy) is 1. The van der Waals surface area contributed by atoms with E-state index >= 15 is 0 Å². The van der Waals surface area contributed by atoms with Gasteiger partial charge in [-0.15, -0.1) is 0 Å². The van der Waals surface area contributed by atoms with Gasteiger partial charge in [-0.1, -0.05) is 13.8 Å². The summed E-state index contributed by atoms with van der Waals surface area (Å²) in [6, 6.07) is 4.86. The Morgan fingerprint density at radius 3 is 2.68 bits per heavy atom. The molecule has 0 saturated heterocycles. The van der Waals surface area contributed by atoms with Crippen LogP contribution in [0.1, 0.15) is 20.8 Å². The summed E-state index contributed by atoms with van der Waals surface area (Å²) in [6.45, 7) is 4.63. The van der Waals surface area contributed by atoms with Crippen molar-refractivity contribution < 1.29 is 18.8 Å². The van der Waals surface area contributed by atoms with Crippen LogP contribution < -0.4 is 10.1 Å². The molecular formula is C14H16FN3O4. The molecule has 1 atom stereocenters. The van der Waals surface area contributed by atoms with Crippen molar-refractivity contribution in [2.45, 2.75) is 26.3 Å². The zero-order valence-electron chi connectivity index (χ0n) is 12.4. The fraction of sp³-hybridized carbons (Fsp3) is 0.429. The molecule has 0 spiro atoms. The second-order valence-electron chi connectivity index (χ2n) is 5.18. The Morgan fingerprint density at radius 2 is 2.23 bits per heavy atom. The zero-order valence-corrected chi connectivity index (χ0v) is 12.4. The van der Waals surface area contributed by atoms with Crippen LogP contribution in [0.25, 0.3) is 0 Å². The van der Waals surface area contributed by atoms with Crippen LogP contribution in [0.2, 0.25) is 0 Å². The van der Waals surface area contributed by atoms with Gasteiger partial charge in [0.1, 0.15) is 5.54 Å². The maximum Gasteiger partial charge on any atom is 0.272 e. The standard InChI is InChI=1S/C14H16FN3O4/c1-9(2)14(3,8-16)17-13(19)7-22-12-5-4-10(18(20)21)6-11(12)15/h4-6,9H,7H2,1-3H3,(H,17,19). The Bertz CT molecular complexity index is 627. The van der Waals surface area contributed by atoms with Gasteiger partial charge in [-0.2, -0.15) is 5.26 Å². The number of non-ortho nitro benzene ring substituents is 1. The molecule has 118 valence electrons. The summed E-state index contributed by atoms with van der Waals surface area (Å²) in [4.78, 5) is 21.5. The largest absolute Gasteiger partial charge is 0.481 e. The fourth-order valence-corrected chi connectivity index (χ4v) is 1.49. The van der Waals surface area contributed by atoms with E-state index in [2.05, 4.69) is 5.32 Å². The molecule has 0 aliphatic carbocycles. The molecule has 7 nitrogen and oxygen atoms in total. The molecule has 0 aliphatic heterocycles. The van der Waals surface area contributed by atoms with Crippen molar-refractivity contribution >= 4 is 11.6 Å². The van der Waals surface area contributed by atoms with E-state index in [-0.39, 0.29) is 11.7 Å². The molecule has 8 heteroatoms. The summed E-state index contributed by atoms with van der Waals surface area (Å²) in [5, 5.41) is 22.1. The predicted molar refractivity (Wildman–Crippen MR) is 75.5 cm³/mol. The molecule has 0 saturated carbocycles. The van der Waals surface area contributed by atoms with Crippen LogP contribution in [0.5, 0.6) is 5.75 Å². The SMILES string of the molecule is CC(C)C(C)(C#N)NC(=O)COc1ccc([N+](=O)[O-])cc1F. The van der Waals surface area contributed by atoms with Crippen molar-refractivity contribution in [2.24, 2.45) is 5.92 Å². The number of rotatable bonds is 6. The number of hydrogen-bond donors (Lipinski definition) is 1. The molecule has 1 unspecified atom stereocenters. The van der Waals surface area contributed by atoms with Crippen LogP contribution in [0.4, 0.5) is 10.1 Å². The summed E-state index contributed by atoms with van der Waals surface area (Å²) in [6.07, 6.45) is 0. The van der Waals surface area contributed by atoms with E-state index in [4.69, 9.17) is 10.00 Å². The minimum atomic E-state index is -1.06. The Balaban J connectivity index is 2.69. The van der Waals surface area contributed by atoms with Gasteiger partial charge < -0.3 is 10.1 Å². The van der Waals surface area contributed by atoms with E-state index in [1.807, 2.05) is 6.07 Å². The highest BCUT2D eigenvalue weighted by atomic mass is 19.1. The fourth-order valence-electron chi connectivity index (χ4n) is 1.49. The van der Waals surface area contributed by atoms with Gasteiger partial charge in [-0.3, -0.25) is 14.9 Å². The number of carbonyl (C=O) groups excluding carboxylic acids is 1. The molecule has 0 aromatic heterocycles. The number of nitrogens with zero attached hydrogens (tertiary/aromatic N) is 2. The molecule has 1 aromatic carbocycles. The second-order valence-corrected chi connectivity index (χ2v) is 5.18. The van der Waals surface area contributed by atoms with E-state index in [0.29, 0.717) is 6.07 Å². The third-order valence-electron chi connectivity index (χ3n) is 3.27. The highest BCUT2D eigenvalue weighted by Crippen LogP contribution is 2.22. The first kappa shape index (κ1) is 17.4. The molecule has 0 heterocycles. The Kier molecular flexibility index (Phi) is 5.40. The number of nitriles is 1. The van der Waals surface area contributed by atoms with E-state index in [1.165, 1.54) is 0 Å². The maximum atomic E-state index is 13.6. The van der Waals surface area contributed by atoms with Crippen molar-refractivity contribution in [2.75, 3.05) is 6.61 Å². The maximum absolute atomic E-state index is 13.6. The van der Waals surface area contributed by atoms with Crippen LogP contribution in [0.15, 0.2) is 18.2 Å². The molecular weight excluding hydrogens is 293 g/mol. The third kappa shape index (κ3) is 4.15. The van der Waals surface area contributed by atoms with Crippen LogP contribution in [0.3, 0.4) is 0 Å². The smallest absolute Gasteiger partial charge is 0.272 e. The number of nitro groups is 1. The molecule has 1 rings (SSSR count). The van der Waals surface area contributed by atoms with Gasteiger partial charge in [0, 0.05) is 6.07 Å². The molecule has 0 bridgehead atoms. The first-order valence-corrected chi connectivity index (χ1v) is 6.48. The molecule has 0 radical (unpaired) electrons. The monoisotopic (exact) mass is 309 g/mol. The van der Waals surface area contributed by atoms with E-state index < -0.39 is 34.5 Å². The molecule has 1 N–H and O–H groups in total. The number of carbonyl (C=O) groups is 1. The number of halogens is 1. The highest BCUT2D eigenvalue weighted by Gasteiger charge is 2.30. The van der Waals surface area contributed by atoms with E-state index in [1.54, 1.807) is 20.8 Å². The van der Waals surface area contributed by atoms with Crippen molar-refractivity contribution in [1.82, 2.24) is 5.32 Å². The van der Waals surface area contributed by atoms with E-state index in [0.717, 1.165) is 12.1 Å². The van der Waals surface area contributed by atoms with Crippen LogP contribution in [-0.2, 0) is 4.79 Å². The number of nitrogens with one attached hydrogen (secondary N) is 1. The lowest BCUT2D eigenvalue weighted by Gasteiger charge is -2.27. The van der Waals surface area contributed by atoms with Gasteiger partial charge in [0.05, 0.1) is 17.1 Å². The van der Waals surface area contributed by atoms with Gasteiger partial charge in [0.25, 0.3) is 11.6 Å². The molecule has 0 aliphatic rings. The summed E-state index contributed by atoms with van der Waals surface area (Å²) < 4.78 is 18.6. The molecule has 0 fully saturated rings. The second kappa shape index (κ2) is 6.85. The lowest BCUT2D eigenvalue weighted by molar-refractivity contribution is -0.385. The van der Waals surface area contributed by atoms with Gasteiger partial charge in [-0.25, -0.2) is 4.39 Å². The normalized spacial score (nSPS) is 13.1. The van der Waals surface area contributed by atoms with Crippen LogP contribution >= 0.6 is 0 Å². The van der Waals surface area contributed by atoms with Crippen LogP contribution in [0, 0.1) is 33.2 Å². The van der Waals surface area contributed by atoms with Crippen molar-refractivity contribution in [1.29, 1.82) is 5.26 Å². The molecule has 22 heavy (non-hydrogen) atoms. The van der Waals surface area contributed by atoms with Crippen molar-refractivity contribution in [3.8, 4) is 11.8 Å². The first-order chi connectivity index (χ1) is 10.2. The van der Waals surface area contributed by atoms with Gasteiger partial charge in [0.15, 0.2) is 18.2 Å². The average molecular weight is 309 g/mol. The lowest BCUT2D eigenvalue weighted by Crippen LogP contribution is -2.50.